The number of hydrogen-bond donors (Lipinski definition) is 0. The predicted octanol–water partition coefficient (Wildman–Crippen LogP) is 6.21. The van der Waals surface area contributed by atoms with Crippen molar-refractivity contribution in [2.45, 2.75) is 18.8 Å². The second kappa shape index (κ2) is 7.59. The van der Waals surface area contributed by atoms with Gasteiger partial charge >= 0.3 is 12.4 Å². The highest BCUT2D eigenvalue weighted by atomic mass is 19.4. The van der Waals surface area contributed by atoms with Crippen LogP contribution < -0.4 is 0 Å². The Morgan fingerprint density at radius 2 is 1.27 bits per heavy atom. The highest BCUT2D eigenvalue weighted by molar-refractivity contribution is 6.21. The summed E-state index contributed by atoms with van der Waals surface area (Å²) in [5.41, 5.74) is -4.68. The van der Waals surface area contributed by atoms with Gasteiger partial charge in [0, 0.05) is 11.1 Å². The summed E-state index contributed by atoms with van der Waals surface area (Å²) >= 11 is 0. The molecule has 2 aromatic rings. The SMILES string of the molecule is O=C(c1ccccc1)C1(C(=O)c2ccc(C(F)(F)F)cc2)C=C(C(F)(F)F)C=CC1. The van der Waals surface area contributed by atoms with Crippen LogP contribution in [0.3, 0.4) is 0 Å². The molecule has 3 rings (SSSR count). The second-order valence-corrected chi connectivity index (χ2v) is 6.77. The van der Waals surface area contributed by atoms with E-state index >= 15 is 0 Å². The van der Waals surface area contributed by atoms with Gasteiger partial charge in [0.1, 0.15) is 5.41 Å². The Morgan fingerprint density at radius 3 is 1.77 bits per heavy atom. The van der Waals surface area contributed by atoms with E-state index in [2.05, 4.69) is 0 Å². The van der Waals surface area contributed by atoms with E-state index in [1.54, 1.807) is 6.07 Å². The number of halogens is 6. The Kier molecular flexibility index (Phi) is 5.45. The molecule has 0 aliphatic heterocycles. The molecule has 1 aliphatic rings. The van der Waals surface area contributed by atoms with Crippen LogP contribution in [0.25, 0.3) is 0 Å². The molecule has 0 saturated carbocycles. The van der Waals surface area contributed by atoms with E-state index in [-0.39, 0.29) is 17.5 Å². The summed E-state index contributed by atoms with van der Waals surface area (Å²) in [4.78, 5) is 26.4. The molecular formula is C22H14F6O2. The van der Waals surface area contributed by atoms with Gasteiger partial charge in [0.25, 0.3) is 0 Å². The number of carbonyl (C=O) groups excluding carboxylic acids is 2. The maximum atomic E-state index is 13.3. The Morgan fingerprint density at radius 1 is 0.733 bits per heavy atom. The fourth-order valence-corrected chi connectivity index (χ4v) is 3.26. The van der Waals surface area contributed by atoms with Gasteiger partial charge in [0.15, 0.2) is 11.6 Å². The molecular weight excluding hydrogens is 410 g/mol. The number of rotatable bonds is 4. The average molecular weight is 424 g/mol. The molecule has 0 radical (unpaired) electrons. The number of hydrogen-bond acceptors (Lipinski definition) is 2. The van der Waals surface area contributed by atoms with Gasteiger partial charge in [-0.2, -0.15) is 26.3 Å². The van der Waals surface area contributed by atoms with Crippen molar-refractivity contribution >= 4 is 11.6 Å². The lowest BCUT2D eigenvalue weighted by Gasteiger charge is -2.31. The van der Waals surface area contributed by atoms with E-state index in [0.29, 0.717) is 18.2 Å². The topological polar surface area (TPSA) is 34.1 Å². The van der Waals surface area contributed by atoms with Gasteiger partial charge in [0.2, 0.25) is 0 Å². The van der Waals surface area contributed by atoms with Crippen LogP contribution in [0, 0.1) is 5.41 Å². The Balaban J connectivity index is 2.13. The molecule has 30 heavy (non-hydrogen) atoms. The zero-order valence-electron chi connectivity index (χ0n) is 15.2. The van der Waals surface area contributed by atoms with Crippen molar-refractivity contribution in [3.63, 3.8) is 0 Å². The molecule has 1 atom stereocenters. The third kappa shape index (κ3) is 4.08. The Hall–Kier alpha value is -3.16. The first-order valence-electron chi connectivity index (χ1n) is 8.74. The lowest BCUT2D eigenvalue weighted by Crippen LogP contribution is -2.40. The molecule has 0 heterocycles. The summed E-state index contributed by atoms with van der Waals surface area (Å²) in [5, 5.41) is 0. The number of alkyl halides is 6. The predicted molar refractivity (Wildman–Crippen MR) is 96.9 cm³/mol. The van der Waals surface area contributed by atoms with Gasteiger partial charge in [-0.25, -0.2) is 0 Å². The molecule has 8 heteroatoms. The highest BCUT2D eigenvalue weighted by Gasteiger charge is 2.48. The van der Waals surface area contributed by atoms with Crippen molar-refractivity contribution < 1.29 is 35.9 Å². The lowest BCUT2D eigenvalue weighted by atomic mass is 9.69. The van der Waals surface area contributed by atoms with E-state index in [4.69, 9.17) is 0 Å². The van der Waals surface area contributed by atoms with E-state index in [1.807, 2.05) is 0 Å². The molecule has 0 fully saturated rings. The normalized spacial score (nSPS) is 19.3. The molecule has 0 aromatic heterocycles. The summed E-state index contributed by atoms with van der Waals surface area (Å²) in [6.07, 6.45) is -7.37. The first-order valence-corrected chi connectivity index (χ1v) is 8.74. The summed E-state index contributed by atoms with van der Waals surface area (Å²) in [5.74, 6) is -1.87. The molecule has 0 saturated heterocycles. The fourth-order valence-electron chi connectivity index (χ4n) is 3.26. The van der Waals surface area contributed by atoms with Crippen molar-refractivity contribution in [2.75, 3.05) is 0 Å². The third-order valence-corrected chi connectivity index (χ3v) is 4.79. The monoisotopic (exact) mass is 424 g/mol. The maximum Gasteiger partial charge on any atom is 0.416 e. The average Bonchev–Trinajstić information content (AvgIpc) is 2.72. The second-order valence-electron chi connectivity index (χ2n) is 6.77. The minimum atomic E-state index is -4.81. The van der Waals surface area contributed by atoms with E-state index in [0.717, 1.165) is 24.3 Å². The number of Topliss-reactive ketones (excluding diaryl/α,β-unsaturated/α-hetero) is 2. The molecule has 2 aromatic carbocycles. The number of ketones is 2. The minimum Gasteiger partial charge on any atom is -0.293 e. The van der Waals surface area contributed by atoms with Gasteiger partial charge in [-0.05, 0) is 18.6 Å². The smallest absolute Gasteiger partial charge is 0.293 e. The van der Waals surface area contributed by atoms with Gasteiger partial charge < -0.3 is 0 Å². The first kappa shape index (κ1) is 21.5. The molecule has 156 valence electrons. The standard InChI is InChI=1S/C22H14F6O2/c23-21(24,25)16-10-8-15(9-11-16)19(30)20(18(29)14-5-2-1-3-6-14)12-4-7-17(13-20)22(26,27)28/h1-11,13H,12H2. The zero-order chi connectivity index (χ0) is 22.2. The van der Waals surface area contributed by atoms with E-state index < -0.39 is 40.5 Å². The first-order chi connectivity index (χ1) is 13.9. The van der Waals surface area contributed by atoms with Gasteiger partial charge in [-0.3, -0.25) is 9.59 Å². The molecule has 1 unspecified atom stereocenters. The molecule has 0 N–H and O–H groups in total. The van der Waals surface area contributed by atoms with Crippen LogP contribution in [-0.4, -0.2) is 17.7 Å². The van der Waals surface area contributed by atoms with E-state index in [1.165, 1.54) is 24.3 Å². The molecule has 2 nitrogen and oxygen atoms in total. The van der Waals surface area contributed by atoms with E-state index in [9.17, 15) is 35.9 Å². The van der Waals surface area contributed by atoms with Crippen molar-refractivity contribution in [3.8, 4) is 0 Å². The molecule has 0 bridgehead atoms. The summed E-state index contributed by atoms with van der Waals surface area (Å²) < 4.78 is 78.4. The molecule has 0 amide bonds. The van der Waals surface area contributed by atoms with Crippen molar-refractivity contribution in [2.24, 2.45) is 5.41 Å². The minimum absolute atomic E-state index is 0.0193. The zero-order valence-corrected chi connectivity index (χ0v) is 15.2. The summed E-state index contributed by atoms with van der Waals surface area (Å²) in [6.45, 7) is 0. The summed E-state index contributed by atoms with van der Waals surface area (Å²) in [7, 11) is 0. The van der Waals surface area contributed by atoms with Crippen LogP contribution in [0.5, 0.6) is 0 Å². The van der Waals surface area contributed by atoms with Crippen molar-refractivity contribution in [1.82, 2.24) is 0 Å². The molecule has 0 spiro atoms. The molecule has 1 aliphatic carbocycles. The van der Waals surface area contributed by atoms with Crippen LogP contribution in [0.4, 0.5) is 26.3 Å². The van der Waals surface area contributed by atoms with Gasteiger partial charge in [-0.15, -0.1) is 0 Å². The number of benzene rings is 2. The van der Waals surface area contributed by atoms with Gasteiger partial charge in [0.05, 0.1) is 11.1 Å². The summed E-state index contributed by atoms with van der Waals surface area (Å²) in [6, 6.07) is 10.4. The number of carbonyl (C=O) groups is 2. The maximum absolute atomic E-state index is 13.3. The number of allylic oxidation sites excluding steroid dienone is 4. The largest absolute Gasteiger partial charge is 0.416 e. The van der Waals surface area contributed by atoms with Crippen LogP contribution in [-0.2, 0) is 6.18 Å². The lowest BCUT2D eigenvalue weighted by molar-refractivity contribution is -0.137. The van der Waals surface area contributed by atoms with Crippen LogP contribution in [0.2, 0.25) is 0 Å². The van der Waals surface area contributed by atoms with Crippen LogP contribution >= 0.6 is 0 Å². The third-order valence-electron chi connectivity index (χ3n) is 4.79. The Bertz CT molecular complexity index is 1010. The van der Waals surface area contributed by atoms with Crippen molar-refractivity contribution in [1.29, 1.82) is 0 Å². The van der Waals surface area contributed by atoms with Crippen molar-refractivity contribution in [3.05, 3.63) is 95.1 Å². The Labute approximate surface area is 167 Å². The van der Waals surface area contributed by atoms with Gasteiger partial charge in [-0.1, -0.05) is 60.7 Å². The highest BCUT2D eigenvalue weighted by Crippen LogP contribution is 2.42. The quantitative estimate of drug-likeness (QED) is 0.332. The van der Waals surface area contributed by atoms with Crippen LogP contribution in [0.1, 0.15) is 32.7 Å². The van der Waals surface area contributed by atoms with Crippen LogP contribution in [0.15, 0.2) is 78.4 Å². The fraction of sp³-hybridized carbons (Fsp3) is 0.182.